The summed E-state index contributed by atoms with van der Waals surface area (Å²) in [7, 11) is -1.72. The molecule has 0 radical (unpaired) electrons. The van der Waals surface area contributed by atoms with Gasteiger partial charge < -0.3 is 5.11 Å². The lowest BCUT2D eigenvalue weighted by Gasteiger charge is -2.06. The minimum Gasteiger partial charge on any atom is -0.478 e. The van der Waals surface area contributed by atoms with Crippen molar-refractivity contribution in [3.05, 3.63) is 64.2 Å². The zero-order valence-electron chi connectivity index (χ0n) is 10.5. The van der Waals surface area contributed by atoms with E-state index in [9.17, 15) is 17.8 Å². The molecular formula is C14H9ClF2O3S. The molecule has 0 fully saturated rings. The predicted octanol–water partition coefficient (Wildman–Crippen LogP) is 3.62. The summed E-state index contributed by atoms with van der Waals surface area (Å²) in [5.74, 6) is -3.12. The Morgan fingerprint density at radius 1 is 1.14 bits per heavy atom. The van der Waals surface area contributed by atoms with Crippen LogP contribution in [0.4, 0.5) is 8.78 Å². The van der Waals surface area contributed by atoms with Crippen LogP contribution in [0.25, 0.3) is 0 Å². The Balaban J connectivity index is 2.30. The predicted molar refractivity (Wildman–Crippen MR) is 74.9 cm³/mol. The van der Waals surface area contributed by atoms with E-state index in [4.69, 9.17) is 16.7 Å². The Labute approximate surface area is 126 Å². The third-order valence-corrected chi connectivity index (χ3v) is 4.31. The second kappa shape index (κ2) is 6.32. The fourth-order valence-electron chi connectivity index (χ4n) is 1.69. The van der Waals surface area contributed by atoms with Crippen molar-refractivity contribution in [2.24, 2.45) is 0 Å². The Hall–Kier alpha value is -1.79. The summed E-state index contributed by atoms with van der Waals surface area (Å²) < 4.78 is 39.0. The molecule has 0 aliphatic carbocycles. The van der Waals surface area contributed by atoms with E-state index in [1.54, 1.807) is 0 Å². The van der Waals surface area contributed by atoms with Gasteiger partial charge in [0.25, 0.3) is 0 Å². The van der Waals surface area contributed by atoms with E-state index < -0.39 is 34.0 Å². The van der Waals surface area contributed by atoms with E-state index in [0.29, 0.717) is 5.02 Å². The summed E-state index contributed by atoms with van der Waals surface area (Å²) in [6, 6.07) is 6.98. The second-order valence-electron chi connectivity index (χ2n) is 4.17. The maximum absolute atomic E-state index is 13.6. The maximum Gasteiger partial charge on any atom is 0.338 e. The standard InChI is InChI=1S/C14H9ClF2O3S/c15-9-1-3-12(16)8(5-9)7-21(20)10-2-4-13(17)11(6-10)14(18)19/h1-6H,7H2,(H,18,19). The average Bonchev–Trinajstić information content (AvgIpc) is 2.43. The molecule has 0 aromatic heterocycles. The van der Waals surface area contributed by atoms with Gasteiger partial charge >= 0.3 is 5.97 Å². The smallest absolute Gasteiger partial charge is 0.338 e. The van der Waals surface area contributed by atoms with E-state index in [1.165, 1.54) is 18.2 Å². The van der Waals surface area contributed by atoms with Crippen molar-refractivity contribution in [3.8, 4) is 0 Å². The number of carbonyl (C=O) groups is 1. The van der Waals surface area contributed by atoms with Gasteiger partial charge in [0.2, 0.25) is 0 Å². The Bertz CT molecular complexity index is 734. The van der Waals surface area contributed by atoms with E-state index in [0.717, 1.165) is 18.2 Å². The summed E-state index contributed by atoms with van der Waals surface area (Å²) in [5.41, 5.74) is -0.436. The van der Waals surface area contributed by atoms with Gasteiger partial charge in [0.1, 0.15) is 11.6 Å². The molecule has 7 heteroatoms. The highest BCUT2D eigenvalue weighted by Gasteiger charge is 2.15. The van der Waals surface area contributed by atoms with Crippen molar-refractivity contribution in [3.63, 3.8) is 0 Å². The number of aromatic carboxylic acids is 1. The van der Waals surface area contributed by atoms with Gasteiger partial charge in [-0.25, -0.2) is 13.6 Å². The normalized spacial score (nSPS) is 12.1. The Kier molecular flexibility index (Phi) is 4.69. The Morgan fingerprint density at radius 3 is 2.48 bits per heavy atom. The molecule has 0 aliphatic rings. The van der Waals surface area contributed by atoms with Crippen LogP contribution in [0.3, 0.4) is 0 Å². The van der Waals surface area contributed by atoms with Crippen LogP contribution in [0.5, 0.6) is 0 Å². The van der Waals surface area contributed by atoms with Crippen LogP contribution in [0.2, 0.25) is 5.02 Å². The fourth-order valence-corrected chi connectivity index (χ4v) is 3.02. The number of hydrogen-bond acceptors (Lipinski definition) is 2. The quantitative estimate of drug-likeness (QED) is 0.931. The number of carboxylic acid groups (broad SMARTS) is 1. The minimum atomic E-state index is -1.72. The number of halogens is 3. The molecule has 2 aromatic rings. The molecule has 0 saturated carbocycles. The van der Waals surface area contributed by atoms with Gasteiger partial charge in [-0.1, -0.05) is 11.6 Å². The van der Waals surface area contributed by atoms with Crippen molar-refractivity contribution in [1.82, 2.24) is 0 Å². The molecule has 1 unspecified atom stereocenters. The summed E-state index contributed by atoms with van der Waals surface area (Å²) >= 11 is 5.74. The molecular weight excluding hydrogens is 322 g/mol. The summed E-state index contributed by atoms with van der Waals surface area (Å²) in [4.78, 5) is 10.9. The molecule has 0 amide bonds. The van der Waals surface area contributed by atoms with Crippen LogP contribution in [0.1, 0.15) is 15.9 Å². The lowest BCUT2D eigenvalue weighted by atomic mass is 10.2. The van der Waals surface area contributed by atoms with Crippen LogP contribution in [-0.4, -0.2) is 15.3 Å². The molecule has 0 saturated heterocycles. The van der Waals surface area contributed by atoms with Gasteiger partial charge in [0.15, 0.2) is 0 Å². The summed E-state index contributed by atoms with van der Waals surface area (Å²) in [6.45, 7) is 0. The molecule has 0 aliphatic heterocycles. The van der Waals surface area contributed by atoms with Gasteiger partial charge in [0.05, 0.1) is 22.1 Å². The van der Waals surface area contributed by atoms with Gasteiger partial charge in [-0.2, -0.15) is 0 Å². The van der Waals surface area contributed by atoms with Gasteiger partial charge in [-0.3, -0.25) is 4.21 Å². The number of rotatable bonds is 4. The minimum absolute atomic E-state index is 0.105. The highest BCUT2D eigenvalue weighted by molar-refractivity contribution is 7.84. The van der Waals surface area contributed by atoms with Crippen molar-refractivity contribution >= 4 is 28.4 Å². The molecule has 0 spiro atoms. The zero-order chi connectivity index (χ0) is 15.6. The number of benzene rings is 2. The molecule has 2 rings (SSSR count). The van der Waals surface area contributed by atoms with Gasteiger partial charge in [0, 0.05) is 15.5 Å². The number of hydrogen-bond donors (Lipinski definition) is 1. The molecule has 1 N–H and O–H groups in total. The molecule has 0 heterocycles. The fraction of sp³-hybridized carbons (Fsp3) is 0.0714. The highest BCUT2D eigenvalue weighted by Crippen LogP contribution is 2.20. The molecule has 3 nitrogen and oxygen atoms in total. The lowest BCUT2D eigenvalue weighted by Crippen LogP contribution is -2.04. The maximum atomic E-state index is 13.6. The first-order valence-electron chi connectivity index (χ1n) is 5.73. The van der Waals surface area contributed by atoms with Crippen LogP contribution >= 0.6 is 11.6 Å². The van der Waals surface area contributed by atoms with Gasteiger partial charge in [-0.05, 0) is 36.4 Å². The van der Waals surface area contributed by atoms with Crippen LogP contribution in [-0.2, 0) is 16.6 Å². The largest absolute Gasteiger partial charge is 0.478 e. The first kappa shape index (κ1) is 15.6. The third-order valence-electron chi connectivity index (χ3n) is 2.73. The van der Waals surface area contributed by atoms with Crippen LogP contribution < -0.4 is 0 Å². The van der Waals surface area contributed by atoms with Crippen molar-refractivity contribution in [1.29, 1.82) is 0 Å². The van der Waals surface area contributed by atoms with E-state index in [1.807, 2.05) is 0 Å². The molecule has 2 aromatic carbocycles. The summed E-state index contributed by atoms with van der Waals surface area (Å²) in [6.07, 6.45) is 0. The monoisotopic (exact) mass is 330 g/mol. The topological polar surface area (TPSA) is 54.4 Å². The molecule has 1 atom stereocenters. The van der Waals surface area contributed by atoms with Crippen LogP contribution in [0.15, 0.2) is 41.3 Å². The van der Waals surface area contributed by atoms with Crippen LogP contribution in [0, 0.1) is 11.6 Å². The van der Waals surface area contributed by atoms with E-state index >= 15 is 0 Å². The van der Waals surface area contributed by atoms with E-state index in [-0.39, 0.29) is 16.2 Å². The summed E-state index contributed by atoms with van der Waals surface area (Å²) in [5, 5.41) is 9.13. The van der Waals surface area contributed by atoms with Crippen molar-refractivity contribution < 1.29 is 22.9 Å². The molecule has 110 valence electrons. The van der Waals surface area contributed by atoms with Crippen molar-refractivity contribution in [2.75, 3.05) is 0 Å². The Morgan fingerprint density at radius 2 is 1.81 bits per heavy atom. The average molecular weight is 331 g/mol. The second-order valence-corrected chi connectivity index (χ2v) is 6.06. The third kappa shape index (κ3) is 3.65. The first-order valence-corrected chi connectivity index (χ1v) is 7.43. The molecule has 0 bridgehead atoms. The lowest BCUT2D eigenvalue weighted by molar-refractivity contribution is 0.0691. The van der Waals surface area contributed by atoms with Gasteiger partial charge in [-0.15, -0.1) is 0 Å². The number of carboxylic acids is 1. The van der Waals surface area contributed by atoms with Crippen molar-refractivity contribution in [2.45, 2.75) is 10.6 Å². The first-order chi connectivity index (χ1) is 9.88. The SMILES string of the molecule is O=C(O)c1cc(S(=O)Cc2cc(Cl)ccc2F)ccc1F. The molecule has 21 heavy (non-hydrogen) atoms. The highest BCUT2D eigenvalue weighted by atomic mass is 35.5. The van der Waals surface area contributed by atoms with E-state index in [2.05, 4.69) is 0 Å². The zero-order valence-corrected chi connectivity index (χ0v) is 12.0.